The minimum Gasteiger partial charge on any atom is -0.319 e. The van der Waals surface area contributed by atoms with Crippen LogP contribution in [-0.2, 0) is 6.54 Å². The van der Waals surface area contributed by atoms with E-state index in [4.69, 9.17) is 0 Å². The second-order valence-electron chi connectivity index (χ2n) is 5.62. The van der Waals surface area contributed by atoms with Gasteiger partial charge in [-0.05, 0) is 36.1 Å². The Hall–Kier alpha value is -2.95. The molecule has 0 aliphatic carbocycles. The molecule has 0 fully saturated rings. The molecule has 0 atom stereocenters. The smallest absolute Gasteiger partial charge is 0.272 e. The van der Waals surface area contributed by atoms with E-state index in [0.717, 1.165) is 18.2 Å². The molecule has 0 aliphatic heterocycles. The molecule has 5 heteroatoms. The van der Waals surface area contributed by atoms with E-state index in [1.54, 1.807) is 41.2 Å². The van der Waals surface area contributed by atoms with Gasteiger partial charge in [0.05, 0.1) is 11.9 Å². The Balaban J connectivity index is 2.07. The first-order valence-electron chi connectivity index (χ1n) is 8.04. The van der Waals surface area contributed by atoms with Crippen molar-refractivity contribution in [2.45, 2.75) is 26.3 Å². The van der Waals surface area contributed by atoms with Gasteiger partial charge in [0.2, 0.25) is 0 Å². The number of amides is 1. The number of anilines is 1. The molecule has 2 aromatic heterocycles. The number of benzene rings is 1. The first-order valence-corrected chi connectivity index (χ1v) is 8.04. The topological polar surface area (TPSA) is 64.0 Å². The minimum atomic E-state index is -0.304. The third-order valence-electron chi connectivity index (χ3n) is 3.91. The van der Waals surface area contributed by atoms with Crippen LogP contribution in [0.1, 0.15) is 30.3 Å². The fraction of sp³-hybridized carbons (Fsp3) is 0.211. The lowest BCUT2D eigenvalue weighted by atomic mass is 10.1. The molecule has 24 heavy (non-hydrogen) atoms. The van der Waals surface area contributed by atoms with Gasteiger partial charge in [-0.3, -0.25) is 14.6 Å². The van der Waals surface area contributed by atoms with Crippen molar-refractivity contribution in [3.8, 4) is 0 Å². The normalized spacial score (nSPS) is 10.7. The first-order chi connectivity index (χ1) is 11.7. The number of carbonyl (C=O) groups excluding carboxylic acids is 1. The summed E-state index contributed by atoms with van der Waals surface area (Å²) in [7, 11) is 0. The Morgan fingerprint density at radius 1 is 1.21 bits per heavy atom. The van der Waals surface area contributed by atoms with Crippen molar-refractivity contribution >= 4 is 22.4 Å². The summed E-state index contributed by atoms with van der Waals surface area (Å²) in [6.45, 7) is 2.58. The van der Waals surface area contributed by atoms with E-state index < -0.39 is 0 Å². The maximum Gasteiger partial charge on any atom is 0.272 e. The van der Waals surface area contributed by atoms with E-state index in [1.165, 1.54) is 0 Å². The number of carbonyl (C=O) groups is 1. The van der Waals surface area contributed by atoms with Crippen LogP contribution in [0.25, 0.3) is 10.8 Å². The lowest BCUT2D eigenvalue weighted by molar-refractivity contribution is 0.101. The number of pyridine rings is 2. The predicted molar refractivity (Wildman–Crippen MR) is 95.3 cm³/mol. The molecule has 1 amide bonds. The van der Waals surface area contributed by atoms with Crippen molar-refractivity contribution in [2.24, 2.45) is 0 Å². The predicted octanol–water partition coefficient (Wildman–Crippen LogP) is 3.45. The van der Waals surface area contributed by atoms with Gasteiger partial charge in [0, 0.05) is 18.1 Å². The van der Waals surface area contributed by atoms with Gasteiger partial charge in [0.1, 0.15) is 5.69 Å². The quantitative estimate of drug-likeness (QED) is 0.783. The van der Waals surface area contributed by atoms with Crippen molar-refractivity contribution in [2.75, 3.05) is 5.32 Å². The van der Waals surface area contributed by atoms with Crippen LogP contribution in [0.5, 0.6) is 0 Å². The summed E-state index contributed by atoms with van der Waals surface area (Å²) in [4.78, 5) is 29.5. The van der Waals surface area contributed by atoms with E-state index in [9.17, 15) is 9.59 Å². The molecule has 0 saturated carbocycles. The van der Waals surface area contributed by atoms with Crippen LogP contribution >= 0.6 is 0 Å². The van der Waals surface area contributed by atoms with Crippen molar-refractivity contribution in [1.82, 2.24) is 9.55 Å². The number of fused-ring (bicyclic) bond motifs is 1. The third kappa shape index (κ3) is 3.20. The molecule has 0 spiro atoms. The van der Waals surface area contributed by atoms with Crippen LogP contribution in [0.4, 0.5) is 5.69 Å². The zero-order chi connectivity index (χ0) is 16.9. The molecule has 2 heterocycles. The lowest BCUT2D eigenvalue weighted by Gasteiger charge is -2.14. The monoisotopic (exact) mass is 321 g/mol. The second kappa shape index (κ2) is 7.08. The standard InChI is InChI=1S/C19H19N3O2/c1-2-3-11-22-17(18(23)21-15-8-6-10-20-13-15)12-14-7-4-5-9-16(14)19(22)24/h4-10,12-13H,2-3,11H2,1H3,(H,21,23). The number of aromatic nitrogens is 2. The van der Waals surface area contributed by atoms with Crippen LogP contribution < -0.4 is 10.9 Å². The number of nitrogens with zero attached hydrogens (tertiary/aromatic N) is 2. The summed E-state index contributed by atoms with van der Waals surface area (Å²) in [6, 6.07) is 12.6. The van der Waals surface area contributed by atoms with Crippen LogP contribution in [0, 0.1) is 0 Å². The molecule has 0 radical (unpaired) electrons. The van der Waals surface area contributed by atoms with E-state index in [2.05, 4.69) is 17.2 Å². The largest absolute Gasteiger partial charge is 0.319 e. The summed E-state index contributed by atoms with van der Waals surface area (Å²) in [6.07, 6.45) is 5.00. The Bertz CT molecular complexity index is 917. The highest BCUT2D eigenvalue weighted by Gasteiger charge is 2.15. The average Bonchev–Trinajstić information content (AvgIpc) is 2.61. The Morgan fingerprint density at radius 3 is 2.79 bits per heavy atom. The summed E-state index contributed by atoms with van der Waals surface area (Å²) < 4.78 is 1.57. The highest BCUT2D eigenvalue weighted by Crippen LogP contribution is 2.14. The maximum absolute atomic E-state index is 12.8. The van der Waals surface area contributed by atoms with Crippen molar-refractivity contribution in [1.29, 1.82) is 0 Å². The molecule has 3 aromatic rings. The summed E-state index contributed by atoms with van der Waals surface area (Å²) in [5.74, 6) is -0.304. The SMILES string of the molecule is CCCCn1c(C(=O)Nc2cccnc2)cc2ccccc2c1=O. The number of nitrogens with one attached hydrogen (secondary N) is 1. The summed E-state index contributed by atoms with van der Waals surface area (Å²) in [5, 5.41) is 4.21. The number of unbranched alkanes of at least 4 members (excludes halogenated alkanes) is 1. The number of rotatable bonds is 5. The van der Waals surface area contributed by atoms with Gasteiger partial charge in [-0.25, -0.2) is 0 Å². The van der Waals surface area contributed by atoms with Crippen molar-refractivity contribution in [3.05, 3.63) is 70.9 Å². The lowest BCUT2D eigenvalue weighted by Crippen LogP contribution is -2.29. The van der Waals surface area contributed by atoms with E-state index in [0.29, 0.717) is 23.3 Å². The molecule has 0 saturated heterocycles. The molecule has 122 valence electrons. The van der Waals surface area contributed by atoms with Crippen molar-refractivity contribution in [3.63, 3.8) is 0 Å². The molecule has 5 nitrogen and oxygen atoms in total. The molecular weight excluding hydrogens is 302 g/mol. The molecule has 0 unspecified atom stereocenters. The maximum atomic E-state index is 12.8. The Labute approximate surface area is 140 Å². The Morgan fingerprint density at radius 2 is 2.04 bits per heavy atom. The van der Waals surface area contributed by atoms with Gasteiger partial charge >= 0.3 is 0 Å². The van der Waals surface area contributed by atoms with Gasteiger partial charge in [-0.1, -0.05) is 31.5 Å². The summed E-state index contributed by atoms with van der Waals surface area (Å²) in [5.41, 5.74) is 0.846. The molecular formula is C19H19N3O2. The van der Waals surface area contributed by atoms with Crippen LogP contribution in [0.2, 0.25) is 0 Å². The fourth-order valence-corrected chi connectivity index (χ4v) is 2.66. The van der Waals surface area contributed by atoms with Crippen molar-refractivity contribution < 1.29 is 4.79 Å². The molecule has 1 aromatic carbocycles. The number of hydrogen-bond acceptors (Lipinski definition) is 3. The highest BCUT2D eigenvalue weighted by atomic mass is 16.2. The highest BCUT2D eigenvalue weighted by molar-refractivity contribution is 6.05. The van der Waals surface area contributed by atoms with Gasteiger partial charge in [-0.2, -0.15) is 0 Å². The van der Waals surface area contributed by atoms with Crippen LogP contribution in [0.15, 0.2) is 59.7 Å². The summed E-state index contributed by atoms with van der Waals surface area (Å²) >= 11 is 0. The van der Waals surface area contributed by atoms with Gasteiger partial charge in [0.25, 0.3) is 11.5 Å². The van der Waals surface area contributed by atoms with Crippen LogP contribution in [0.3, 0.4) is 0 Å². The average molecular weight is 321 g/mol. The van der Waals surface area contributed by atoms with Gasteiger partial charge < -0.3 is 9.88 Å². The zero-order valence-electron chi connectivity index (χ0n) is 13.5. The zero-order valence-corrected chi connectivity index (χ0v) is 13.5. The van der Waals surface area contributed by atoms with E-state index in [-0.39, 0.29) is 11.5 Å². The van der Waals surface area contributed by atoms with E-state index in [1.807, 2.05) is 18.2 Å². The molecule has 0 aliphatic rings. The van der Waals surface area contributed by atoms with Gasteiger partial charge in [0.15, 0.2) is 0 Å². The van der Waals surface area contributed by atoms with Crippen LogP contribution in [-0.4, -0.2) is 15.5 Å². The third-order valence-corrected chi connectivity index (χ3v) is 3.91. The van der Waals surface area contributed by atoms with Gasteiger partial charge in [-0.15, -0.1) is 0 Å². The molecule has 1 N–H and O–H groups in total. The second-order valence-corrected chi connectivity index (χ2v) is 5.62. The molecule has 0 bridgehead atoms. The molecule has 3 rings (SSSR count). The first kappa shape index (κ1) is 15.9. The Kier molecular flexibility index (Phi) is 4.70. The van der Waals surface area contributed by atoms with E-state index >= 15 is 0 Å². The fourth-order valence-electron chi connectivity index (χ4n) is 2.66. The number of hydrogen-bond donors (Lipinski definition) is 1. The minimum absolute atomic E-state index is 0.127.